The molecular formula is C17H24N2O3S. The van der Waals surface area contributed by atoms with Crippen LogP contribution in [0, 0.1) is 5.92 Å². The number of carbonyl (C=O) groups excluding carboxylic acids is 1. The summed E-state index contributed by atoms with van der Waals surface area (Å²) in [6, 6.07) is 8.12. The molecule has 0 unspecified atom stereocenters. The molecule has 1 atom stereocenters. The number of nitrogens with zero attached hydrogens (tertiary/aromatic N) is 2. The smallest absolute Gasteiger partial charge is 0.230 e. The van der Waals surface area contributed by atoms with Crippen LogP contribution in [0.15, 0.2) is 24.3 Å². The van der Waals surface area contributed by atoms with Crippen molar-refractivity contribution < 1.29 is 13.2 Å². The molecule has 3 rings (SSSR count). The molecular weight excluding hydrogens is 312 g/mol. The molecule has 0 aromatic heterocycles. The minimum absolute atomic E-state index is 0.0746. The Hall–Kier alpha value is -1.40. The predicted molar refractivity (Wildman–Crippen MR) is 91.0 cm³/mol. The largest absolute Gasteiger partial charge is 0.312 e. The van der Waals surface area contributed by atoms with E-state index >= 15 is 0 Å². The first-order chi connectivity index (χ1) is 10.9. The lowest BCUT2D eigenvalue weighted by atomic mass is 9.89. The molecule has 0 saturated carbocycles. The van der Waals surface area contributed by atoms with Crippen molar-refractivity contribution in [3.63, 3.8) is 0 Å². The van der Waals surface area contributed by atoms with Crippen molar-refractivity contribution in [2.75, 3.05) is 30.8 Å². The molecule has 0 bridgehead atoms. The van der Waals surface area contributed by atoms with E-state index in [1.165, 1.54) is 16.1 Å². The summed E-state index contributed by atoms with van der Waals surface area (Å²) >= 11 is 0. The van der Waals surface area contributed by atoms with Gasteiger partial charge in [0.05, 0.1) is 6.26 Å². The van der Waals surface area contributed by atoms with Crippen molar-refractivity contribution >= 4 is 21.6 Å². The minimum Gasteiger partial charge on any atom is -0.312 e. The molecule has 1 fully saturated rings. The average Bonchev–Trinajstić information content (AvgIpc) is 2.54. The first-order valence-corrected chi connectivity index (χ1v) is 10.1. The summed E-state index contributed by atoms with van der Waals surface area (Å²) in [6.07, 6.45) is 3.43. The molecule has 126 valence electrons. The van der Waals surface area contributed by atoms with Gasteiger partial charge in [-0.2, -0.15) is 0 Å². The number of piperidine rings is 1. The molecule has 6 heteroatoms. The first kappa shape index (κ1) is 16.5. The SMILES string of the molecule is C[C@@H]1CCN(C(=O)C2CCN(S(C)(=O)=O)CC2)c2ccccc21. The van der Waals surface area contributed by atoms with E-state index in [4.69, 9.17) is 0 Å². The maximum Gasteiger partial charge on any atom is 0.230 e. The minimum atomic E-state index is -3.15. The van der Waals surface area contributed by atoms with Crippen LogP contribution >= 0.6 is 0 Å². The summed E-state index contributed by atoms with van der Waals surface area (Å²) in [7, 11) is -3.15. The maximum absolute atomic E-state index is 12.9. The molecule has 2 aliphatic heterocycles. The predicted octanol–water partition coefficient (Wildman–Crippen LogP) is 2.20. The molecule has 0 spiro atoms. The highest BCUT2D eigenvalue weighted by atomic mass is 32.2. The number of sulfonamides is 1. The van der Waals surface area contributed by atoms with Crippen LogP contribution in [0.1, 0.15) is 37.7 Å². The monoisotopic (exact) mass is 336 g/mol. The molecule has 2 heterocycles. The van der Waals surface area contributed by atoms with Crippen LogP contribution < -0.4 is 4.90 Å². The number of para-hydroxylation sites is 1. The van der Waals surface area contributed by atoms with Crippen LogP contribution in [0.5, 0.6) is 0 Å². The number of anilines is 1. The molecule has 1 saturated heterocycles. The van der Waals surface area contributed by atoms with Crippen molar-refractivity contribution in [1.29, 1.82) is 0 Å². The number of amides is 1. The highest BCUT2D eigenvalue weighted by Gasteiger charge is 2.34. The molecule has 1 aromatic carbocycles. The summed E-state index contributed by atoms with van der Waals surface area (Å²) in [6.45, 7) is 3.84. The lowest BCUT2D eigenvalue weighted by Crippen LogP contribution is -2.45. The summed E-state index contributed by atoms with van der Waals surface area (Å²) in [4.78, 5) is 14.8. The van der Waals surface area contributed by atoms with Gasteiger partial charge in [0.1, 0.15) is 0 Å². The van der Waals surface area contributed by atoms with Crippen LogP contribution in [0.2, 0.25) is 0 Å². The average molecular weight is 336 g/mol. The van der Waals surface area contributed by atoms with Gasteiger partial charge in [0.15, 0.2) is 0 Å². The van der Waals surface area contributed by atoms with Gasteiger partial charge in [-0.3, -0.25) is 4.79 Å². The van der Waals surface area contributed by atoms with Gasteiger partial charge >= 0.3 is 0 Å². The van der Waals surface area contributed by atoms with E-state index in [0.29, 0.717) is 31.8 Å². The Kier molecular flexibility index (Phi) is 4.47. The van der Waals surface area contributed by atoms with Gasteiger partial charge < -0.3 is 4.90 Å². The summed E-state index contributed by atoms with van der Waals surface area (Å²) in [5, 5.41) is 0. The highest BCUT2D eigenvalue weighted by Crippen LogP contribution is 2.36. The molecule has 0 aliphatic carbocycles. The third-order valence-electron chi connectivity index (χ3n) is 5.08. The Bertz CT molecular complexity index is 694. The second-order valence-corrected chi connectivity index (χ2v) is 8.66. The summed E-state index contributed by atoms with van der Waals surface area (Å²) in [5.41, 5.74) is 2.27. The maximum atomic E-state index is 12.9. The Balaban J connectivity index is 1.74. The van der Waals surface area contributed by atoms with Gasteiger partial charge in [0, 0.05) is 31.2 Å². The third kappa shape index (κ3) is 3.28. The molecule has 1 amide bonds. The van der Waals surface area contributed by atoms with E-state index in [2.05, 4.69) is 13.0 Å². The topological polar surface area (TPSA) is 57.7 Å². The fourth-order valence-corrected chi connectivity index (χ4v) is 4.51. The molecule has 0 N–H and O–H groups in total. The van der Waals surface area contributed by atoms with Gasteiger partial charge in [-0.1, -0.05) is 25.1 Å². The lowest BCUT2D eigenvalue weighted by Gasteiger charge is -2.37. The Morgan fingerprint density at radius 1 is 1.09 bits per heavy atom. The number of fused-ring (bicyclic) bond motifs is 1. The number of benzene rings is 1. The zero-order valence-corrected chi connectivity index (χ0v) is 14.6. The van der Waals surface area contributed by atoms with Crippen molar-refractivity contribution in [3.8, 4) is 0 Å². The van der Waals surface area contributed by atoms with E-state index in [-0.39, 0.29) is 11.8 Å². The van der Waals surface area contributed by atoms with Crippen molar-refractivity contribution in [1.82, 2.24) is 4.31 Å². The summed E-state index contributed by atoms with van der Waals surface area (Å²) in [5.74, 6) is 0.550. The van der Waals surface area contributed by atoms with Crippen LogP contribution in [-0.4, -0.2) is 44.5 Å². The lowest BCUT2D eigenvalue weighted by molar-refractivity contribution is -0.123. The quantitative estimate of drug-likeness (QED) is 0.832. The van der Waals surface area contributed by atoms with Crippen LogP contribution in [0.25, 0.3) is 0 Å². The summed E-state index contributed by atoms with van der Waals surface area (Å²) < 4.78 is 24.7. The molecule has 2 aliphatic rings. The van der Waals surface area contributed by atoms with Gasteiger partial charge in [-0.25, -0.2) is 12.7 Å². The molecule has 5 nitrogen and oxygen atoms in total. The van der Waals surface area contributed by atoms with E-state index in [1.807, 2.05) is 23.1 Å². The highest BCUT2D eigenvalue weighted by molar-refractivity contribution is 7.88. The second kappa shape index (κ2) is 6.24. The van der Waals surface area contributed by atoms with Gasteiger partial charge in [-0.15, -0.1) is 0 Å². The van der Waals surface area contributed by atoms with Gasteiger partial charge in [0.25, 0.3) is 0 Å². The van der Waals surface area contributed by atoms with Crippen molar-refractivity contribution in [2.24, 2.45) is 5.92 Å². The third-order valence-corrected chi connectivity index (χ3v) is 6.39. The van der Waals surface area contributed by atoms with E-state index in [0.717, 1.165) is 18.7 Å². The van der Waals surface area contributed by atoms with Crippen LogP contribution in [0.3, 0.4) is 0 Å². The fraction of sp³-hybridized carbons (Fsp3) is 0.588. The van der Waals surface area contributed by atoms with Crippen LogP contribution in [-0.2, 0) is 14.8 Å². The van der Waals surface area contributed by atoms with Crippen LogP contribution in [0.4, 0.5) is 5.69 Å². The number of carbonyl (C=O) groups is 1. The normalized spacial score (nSPS) is 23.6. The van der Waals surface area contributed by atoms with Crippen molar-refractivity contribution in [3.05, 3.63) is 29.8 Å². The number of hydrogen-bond donors (Lipinski definition) is 0. The Morgan fingerprint density at radius 2 is 1.74 bits per heavy atom. The van der Waals surface area contributed by atoms with E-state index < -0.39 is 10.0 Å². The zero-order chi connectivity index (χ0) is 16.6. The number of rotatable bonds is 2. The van der Waals surface area contributed by atoms with Crippen molar-refractivity contribution in [2.45, 2.75) is 32.1 Å². The first-order valence-electron chi connectivity index (χ1n) is 8.23. The molecule has 0 radical (unpaired) electrons. The standard InChI is InChI=1S/C17H24N2O3S/c1-13-7-12-19(16-6-4-3-5-15(13)16)17(20)14-8-10-18(11-9-14)23(2,21)22/h3-6,13-14H,7-12H2,1-2H3/t13-/m1/s1. The Morgan fingerprint density at radius 3 is 2.39 bits per heavy atom. The Labute approximate surface area is 138 Å². The van der Waals surface area contributed by atoms with E-state index in [1.54, 1.807) is 0 Å². The van der Waals surface area contributed by atoms with E-state index in [9.17, 15) is 13.2 Å². The molecule has 1 aromatic rings. The fourth-order valence-electron chi connectivity index (χ4n) is 3.63. The molecule has 23 heavy (non-hydrogen) atoms. The number of hydrogen-bond acceptors (Lipinski definition) is 3. The van der Waals surface area contributed by atoms with Gasteiger partial charge in [-0.05, 0) is 36.8 Å². The van der Waals surface area contributed by atoms with Gasteiger partial charge in [0.2, 0.25) is 15.9 Å². The second-order valence-electron chi connectivity index (χ2n) is 6.67. The zero-order valence-electron chi connectivity index (χ0n) is 13.7.